The smallest absolute Gasteiger partial charge is 0.410 e. The molecule has 6 heteroatoms. The second kappa shape index (κ2) is 8.02. The largest absolute Gasteiger partial charge is 0.444 e. The highest BCUT2D eigenvalue weighted by Crippen LogP contribution is 2.27. The van der Waals surface area contributed by atoms with Crippen molar-refractivity contribution in [3.63, 3.8) is 0 Å². The number of rotatable bonds is 6. The molecule has 0 aliphatic carbocycles. The summed E-state index contributed by atoms with van der Waals surface area (Å²) in [7, 11) is 0. The molecule has 0 radical (unpaired) electrons. The highest BCUT2D eigenvalue weighted by Gasteiger charge is 2.39. The van der Waals surface area contributed by atoms with E-state index in [1.807, 2.05) is 20.8 Å². The number of carbonyl (C=O) groups excluding carboxylic acids is 1. The maximum atomic E-state index is 12.1. The predicted molar refractivity (Wildman–Crippen MR) is 93.1 cm³/mol. The van der Waals surface area contributed by atoms with Gasteiger partial charge in [0, 0.05) is 39.3 Å². The molecule has 1 amide bonds. The SMILES string of the molecule is CCCCOC1CN(CC2(O)CCN(C(=O)OC(C)(C)C)CC2)C1. The van der Waals surface area contributed by atoms with Crippen LogP contribution in [0.3, 0.4) is 0 Å². The quantitative estimate of drug-likeness (QED) is 0.750. The van der Waals surface area contributed by atoms with E-state index in [-0.39, 0.29) is 6.09 Å². The molecule has 0 aromatic rings. The maximum absolute atomic E-state index is 12.1. The van der Waals surface area contributed by atoms with Crippen LogP contribution in [0.15, 0.2) is 0 Å². The van der Waals surface area contributed by atoms with Crippen molar-refractivity contribution < 1.29 is 19.4 Å². The van der Waals surface area contributed by atoms with E-state index in [9.17, 15) is 9.90 Å². The molecule has 140 valence electrons. The van der Waals surface area contributed by atoms with E-state index >= 15 is 0 Å². The molecule has 2 saturated heterocycles. The van der Waals surface area contributed by atoms with E-state index in [1.54, 1.807) is 4.90 Å². The lowest BCUT2D eigenvalue weighted by atomic mass is 9.90. The highest BCUT2D eigenvalue weighted by atomic mass is 16.6. The average Bonchev–Trinajstić information content (AvgIpc) is 2.43. The number of hydrogen-bond acceptors (Lipinski definition) is 5. The van der Waals surface area contributed by atoms with E-state index < -0.39 is 11.2 Å². The van der Waals surface area contributed by atoms with Crippen molar-refractivity contribution in [2.75, 3.05) is 39.3 Å². The molecule has 0 atom stereocenters. The van der Waals surface area contributed by atoms with Gasteiger partial charge < -0.3 is 19.5 Å². The van der Waals surface area contributed by atoms with E-state index in [0.29, 0.717) is 38.6 Å². The molecule has 2 rings (SSSR count). The van der Waals surface area contributed by atoms with Crippen molar-refractivity contribution >= 4 is 6.09 Å². The fourth-order valence-corrected chi connectivity index (χ4v) is 3.16. The van der Waals surface area contributed by atoms with E-state index in [4.69, 9.17) is 9.47 Å². The van der Waals surface area contributed by atoms with Gasteiger partial charge in [0.15, 0.2) is 0 Å². The molecule has 0 aromatic carbocycles. The summed E-state index contributed by atoms with van der Waals surface area (Å²) >= 11 is 0. The fraction of sp³-hybridized carbons (Fsp3) is 0.944. The Morgan fingerprint density at radius 2 is 1.88 bits per heavy atom. The van der Waals surface area contributed by atoms with Gasteiger partial charge in [0.2, 0.25) is 0 Å². The minimum atomic E-state index is -0.701. The van der Waals surface area contributed by atoms with Crippen molar-refractivity contribution in [1.82, 2.24) is 9.80 Å². The third-order valence-corrected chi connectivity index (χ3v) is 4.64. The summed E-state index contributed by atoms with van der Waals surface area (Å²) in [4.78, 5) is 16.0. The highest BCUT2D eigenvalue weighted by molar-refractivity contribution is 5.68. The maximum Gasteiger partial charge on any atom is 0.410 e. The van der Waals surface area contributed by atoms with Crippen LogP contribution in [0, 0.1) is 0 Å². The van der Waals surface area contributed by atoms with Crippen LogP contribution in [-0.2, 0) is 9.47 Å². The van der Waals surface area contributed by atoms with E-state index in [0.717, 1.165) is 32.5 Å². The summed E-state index contributed by atoms with van der Waals surface area (Å²) in [5.74, 6) is 0. The first-order chi connectivity index (χ1) is 11.2. The zero-order valence-corrected chi connectivity index (χ0v) is 15.7. The molecule has 6 nitrogen and oxygen atoms in total. The van der Waals surface area contributed by atoms with E-state index in [1.165, 1.54) is 0 Å². The summed E-state index contributed by atoms with van der Waals surface area (Å²) in [6.07, 6.45) is 3.51. The molecule has 0 aromatic heterocycles. The number of β-amino-alcohol motifs (C(OH)–C–C–N with tert-alkyl or cyclic N) is 1. The molecule has 1 N–H and O–H groups in total. The third-order valence-electron chi connectivity index (χ3n) is 4.64. The summed E-state index contributed by atoms with van der Waals surface area (Å²) in [6, 6.07) is 0. The van der Waals surface area contributed by atoms with Gasteiger partial charge in [-0.3, -0.25) is 4.90 Å². The summed E-state index contributed by atoms with van der Waals surface area (Å²) in [5.41, 5.74) is -1.18. The zero-order chi connectivity index (χ0) is 17.8. The zero-order valence-electron chi connectivity index (χ0n) is 15.7. The van der Waals surface area contributed by atoms with Gasteiger partial charge in [-0.2, -0.15) is 0 Å². The number of aliphatic hydroxyl groups is 1. The lowest BCUT2D eigenvalue weighted by molar-refractivity contribution is -0.103. The molecular formula is C18H34N2O4. The number of carbonyl (C=O) groups is 1. The van der Waals surface area contributed by atoms with Gasteiger partial charge in [0.1, 0.15) is 5.60 Å². The molecule has 0 spiro atoms. The standard InChI is InChI=1S/C18H34N2O4/c1-5-6-11-23-15-12-19(13-15)14-18(22)7-9-20(10-8-18)16(21)24-17(2,3)4/h15,22H,5-14H2,1-4H3. The topological polar surface area (TPSA) is 62.2 Å². The number of unbranched alkanes of at least 4 members (excludes halogenated alkanes) is 1. The molecule has 2 heterocycles. The Balaban J connectivity index is 1.67. The molecule has 24 heavy (non-hydrogen) atoms. The monoisotopic (exact) mass is 342 g/mol. The Kier molecular flexibility index (Phi) is 6.51. The Morgan fingerprint density at radius 3 is 2.42 bits per heavy atom. The first kappa shape index (κ1) is 19.5. The van der Waals surface area contributed by atoms with E-state index in [2.05, 4.69) is 11.8 Å². The first-order valence-electron chi connectivity index (χ1n) is 9.25. The van der Waals surface area contributed by atoms with Gasteiger partial charge in [-0.25, -0.2) is 4.79 Å². The van der Waals surface area contributed by atoms with Crippen molar-refractivity contribution in [2.45, 2.75) is 70.7 Å². The van der Waals surface area contributed by atoms with Gasteiger partial charge in [-0.05, 0) is 40.0 Å². The summed E-state index contributed by atoms with van der Waals surface area (Å²) < 4.78 is 11.2. The van der Waals surface area contributed by atoms with Crippen LogP contribution in [0.1, 0.15) is 53.4 Å². The second-order valence-corrected chi connectivity index (χ2v) is 8.23. The minimum Gasteiger partial charge on any atom is -0.444 e. The third kappa shape index (κ3) is 5.90. The Morgan fingerprint density at radius 1 is 1.25 bits per heavy atom. The Bertz CT molecular complexity index is 408. The molecule has 0 unspecified atom stereocenters. The van der Waals surface area contributed by atoms with Gasteiger partial charge in [0.25, 0.3) is 0 Å². The van der Waals surface area contributed by atoms with Crippen LogP contribution in [0.4, 0.5) is 4.79 Å². The Hall–Kier alpha value is -0.850. The van der Waals surface area contributed by atoms with Crippen LogP contribution in [0.2, 0.25) is 0 Å². The number of nitrogens with zero attached hydrogens (tertiary/aromatic N) is 2. The van der Waals surface area contributed by atoms with Gasteiger partial charge in [0.05, 0.1) is 11.7 Å². The fourth-order valence-electron chi connectivity index (χ4n) is 3.16. The van der Waals surface area contributed by atoms with Crippen LogP contribution in [-0.4, -0.2) is 77.6 Å². The van der Waals surface area contributed by atoms with Crippen molar-refractivity contribution in [1.29, 1.82) is 0 Å². The molecular weight excluding hydrogens is 308 g/mol. The number of piperidine rings is 1. The van der Waals surface area contributed by atoms with Crippen LogP contribution >= 0.6 is 0 Å². The van der Waals surface area contributed by atoms with Crippen LogP contribution in [0.25, 0.3) is 0 Å². The lowest BCUT2D eigenvalue weighted by Gasteiger charge is -2.46. The Labute approximate surface area is 146 Å². The molecule has 2 aliphatic heterocycles. The lowest BCUT2D eigenvalue weighted by Crippen LogP contribution is -2.59. The normalized spacial score (nSPS) is 22.3. The van der Waals surface area contributed by atoms with Crippen molar-refractivity contribution in [3.8, 4) is 0 Å². The molecule has 2 fully saturated rings. The van der Waals surface area contributed by atoms with Crippen molar-refractivity contribution in [3.05, 3.63) is 0 Å². The van der Waals surface area contributed by atoms with Gasteiger partial charge in [-0.1, -0.05) is 13.3 Å². The molecule has 0 bridgehead atoms. The second-order valence-electron chi connectivity index (χ2n) is 8.23. The predicted octanol–water partition coefficient (Wildman–Crippen LogP) is 2.25. The van der Waals surface area contributed by atoms with Gasteiger partial charge >= 0.3 is 6.09 Å². The first-order valence-corrected chi connectivity index (χ1v) is 9.25. The van der Waals surface area contributed by atoms with Crippen molar-refractivity contribution in [2.24, 2.45) is 0 Å². The van der Waals surface area contributed by atoms with Crippen LogP contribution < -0.4 is 0 Å². The molecule has 0 saturated carbocycles. The number of amides is 1. The number of ether oxygens (including phenoxy) is 2. The average molecular weight is 342 g/mol. The number of hydrogen-bond donors (Lipinski definition) is 1. The minimum absolute atomic E-state index is 0.280. The molecule has 2 aliphatic rings. The summed E-state index contributed by atoms with van der Waals surface area (Å²) in [5, 5.41) is 10.8. The number of likely N-dealkylation sites (tertiary alicyclic amines) is 2. The van der Waals surface area contributed by atoms with Gasteiger partial charge in [-0.15, -0.1) is 0 Å². The summed E-state index contributed by atoms with van der Waals surface area (Å²) in [6.45, 7) is 12.2. The van der Waals surface area contributed by atoms with Crippen LogP contribution in [0.5, 0.6) is 0 Å².